The first-order chi connectivity index (χ1) is 14.9. The number of fused-ring (bicyclic) bond motifs is 1. The van der Waals surface area contributed by atoms with Gasteiger partial charge in [-0.2, -0.15) is 0 Å². The molecular formula is C24H16BrClN2O3. The molecule has 0 bridgehead atoms. The number of hydrogen-bond donors (Lipinski definition) is 1. The van der Waals surface area contributed by atoms with Gasteiger partial charge in [-0.05, 0) is 36.4 Å². The maximum Gasteiger partial charge on any atom is 0.244 e. The Morgan fingerprint density at radius 3 is 2.52 bits per heavy atom. The molecule has 31 heavy (non-hydrogen) atoms. The van der Waals surface area contributed by atoms with E-state index in [1.54, 1.807) is 65.4 Å². The number of aromatic nitrogens is 1. The van der Waals surface area contributed by atoms with E-state index in [4.69, 9.17) is 11.6 Å². The van der Waals surface area contributed by atoms with Crippen molar-refractivity contribution in [1.82, 2.24) is 4.57 Å². The van der Waals surface area contributed by atoms with Gasteiger partial charge in [0, 0.05) is 38.3 Å². The van der Waals surface area contributed by atoms with Gasteiger partial charge in [0.15, 0.2) is 11.2 Å². The van der Waals surface area contributed by atoms with Crippen LogP contribution in [0.4, 0.5) is 5.69 Å². The minimum absolute atomic E-state index is 0.0278. The van der Waals surface area contributed by atoms with Crippen molar-refractivity contribution in [3.63, 3.8) is 0 Å². The summed E-state index contributed by atoms with van der Waals surface area (Å²) >= 11 is 9.47. The zero-order chi connectivity index (χ0) is 22.0. The highest BCUT2D eigenvalue weighted by atomic mass is 79.9. The molecule has 0 aliphatic carbocycles. The van der Waals surface area contributed by atoms with Gasteiger partial charge in [-0.15, -0.1) is 0 Å². The number of hydrogen-bond acceptors (Lipinski definition) is 3. The summed E-state index contributed by atoms with van der Waals surface area (Å²) in [6.45, 7) is -0.0278. The molecule has 1 heterocycles. The number of amides is 1. The minimum atomic E-state index is -0.336. The van der Waals surface area contributed by atoms with Crippen molar-refractivity contribution in [3.05, 3.63) is 110 Å². The van der Waals surface area contributed by atoms with Gasteiger partial charge in [0.2, 0.25) is 5.91 Å². The second-order valence-electron chi connectivity index (χ2n) is 6.90. The minimum Gasteiger partial charge on any atom is -0.338 e. The lowest BCUT2D eigenvalue weighted by Gasteiger charge is -2.14. The van der Waals surface area contributed by atoms with Crippen molar-refractivity contribution in [3.8, 4) is 0 Å². The van der Waals surface area contributed by atoms with Crippen LogP contribution in [0.3, 0.4) is 0 Å². The van der Waals surface area contributed by atoms with Gasteiger partial charge in [-0.3, -0.25) is 14.4 Å². The molecule has 1 amide bonds. The van der Waals surface area contributed by atoms with Crippen molar-refractivity contribution in [2.75, 3.05) is 5.32 Å². The van der Waals surface area contributed by atoms with Crippen LogP contribution in [-0.4, -0.2) is 16.3 Å². The molecule has 5 nitrogen and oxygen atoms in total. The largest absolute Gasteiger partial charge is 0.338 e. The normalized spacial score (nSPS) is 10.8. The molecule has 0 fully saturated rings. The molecule has 1 N–H and O–H groups in total. The fourth-order valence-electron chi connectivity index (χ4n) is 3.32. The number of pyridine rings is 1. The van der Waals surface area contributed by atoms with Crippen molar-refractivity contribution >= 4 is 55.8 Å². The summed E-state index contributed by atoms with van der Waals surface area (Å²) in [6.07, 6.45) is 1.58. The van der Waals surface area contributed by atoms with Crippen LogP contribution in [0.25, 0.3) is 10.9 Å². The lowest BCUT2D eigenvalue weighted by atomic mass is 10.0. The summed E-state index contributed by atoms with van der Waals surface area (Å²) in [7, 11) is 0. The lowest BCUT2D eigenvalue weighted by molar-refractivity contribution is -0.116. The second kappa shape index (κ2) is 8.88. The fourth-order valence-corrected chi connectivity index (χ4v) is 3.86. The summed E-state index contributed by atoms with van der Waals surface area (Å²) < 4.78 is 2.47. The molecule has 0 radical (unpaired) electrons. The van der Waals surface area contributed by atoms with Crippen molar-refractivity contribution in [2.45, 2.75) is 6.54 Å². The maximum absolute atomic E-state index is 12.9. The van der Waals surface area contributed by atoms with Crippen LogP contribution in [0.5, 0.6) is 0 Å². The van der Waals surface area contributed by atoms with Gasteiger partial charge < -0.3 is 9.88 Å². The third kappa shape index (κ3) is 4.60. The Morgan fingerprint density at radius 1 is 0.968 bits per heavy atom. The van der Waals surface area contributed by atoms with Crippen LogP contribution in [-0.2, 0) is 11.3 Å². The monoisotopic (exact) mass is 494 g/mol. The quantitative estimate of drug-likeness (QED) is 0.383. The third-order valence-corrected chi connectivity index (χ3v) is 5.52. The number of nitrogens with one attached hydrogen (secondary N) is 1. The molecule has 4 rings (SSSR count). The molecule has 4 aromatic rings. The summed E-state index contributed by atoms with van der Waals surface area (Å²) in [5, 5.41) is 3.71. The number of nitrogens with zero attached hydrogens (tertiary/aromatic N) is 1. The number of benzene rings is 3. The van der Waals surface area contributed by atoms with E-state index in [9.17, 15) is 14.4 Å². The van der Waals surface area contributed by atoms with Gasteiger partial charge in [0.05, 0.1) is 11.2 Å². The molecule has 0 saturated heterocycles. The molecule has 0 atom stereocenters. The Kier molecular flexibility index (Phi) is 6.02. The van der Waals surface area contributed by atoms with Crippen LogP contribution in [0.2, 0.25) is 5.02 Å². The fraction of sp³-hybridized carbons (Fsp3) is 0.0417. The van der Waals surface area contributed by atoms with Gasteiger partial charge >= 0.3 is 0 Å². The molecule has 0 unspecified atom stereocenters. The molecule has 7 heteroatoms. The highest BCUT2D eigenvalue weighted by Gasteiger charge is 2.16. The first-order valence-corrected chi connectivity index (χ1v) is 10.6. The van der Waals surface area contributed by atoms with E-state index >= 15 is 0 Å². The zero-order valence-corrected chi connectivity index (χ0v) is 18.5. The molecule has 0 aliphatic rings. The number of anilines is 1. The average molecular weight is 496 g/mol. The predicted molar refractivity (Wildman–Crippen MR) is 126 cm³/mol. The van der Waals surface area contributed by atoms with Gasteiger partial charge in [-0.25, -0.2) is 0 Å². The van der Waals surface area contributed by atoms with Crippen LogP contribution in [0.15, 0.2) is 88.3 Å². The number of carbonyl (C=O) groups is 2. The number of halogens is 2. The predicted octanol–water partition coefficient (Wildman–Crippen LogP) is 5.29. The van der Waals surface area contributed by atoms with E-state index in [1.807, 2.05) is 12.1 Å². The Bertz CT molecular complexity index is 1370. The molecule has 0 aliphatic heterocycles. The molecule has 1 aromatic heterocycles. The zero-order valence-electron chi connectivity index (χ0n) is 16.1. The summed E-state index contributed by atoms with van der Waals surface area (Å²) in [4.78, 5) is 37.9. The maximum atomic E-state index is 12.9. The summed E-state index contributed by atoms with van der Waals surface area (Å²) in [6, 6.07) is 20.3. The van der Waals surface area contributed by atoms with Crippen molar-refractivity contribution < 1.29 is 9.59 Å². The van der Waals surface area contributed by atoms with E-state index in [0.717, 1.165) is 4.47 Å². The number of rotatable bonds is 5. The SMILES string of the molecule is O=C(Cn1ccc(=O)c2cc(Br)ccc21)Nc1ccc(Cl)cc1C(=O)c1ccccc1. The molecule has 0 spiro atoms. The molecule has 154 valence electrons. The first-order valence-electron chi connectivity index (χ1n) is 9.40. The van der Waals surface area contributed by atoms with Gasteiger partial charge in [0.1, 0.15) is 6.54 Å². The topological polar surface area (TPSA) is 68.2 Å². The molecule has 0 saturated carbocycles. The highest BCUT2D eigenvalue weighted by molar-refractivity contribution is 9.10. The van der Waals surface area contributed by atoms with Gasteiger partial charge in [0.25, 0.3) is 0 Å². The Hall–Kier alpha value is -3.22. The molecule has 3 aromatic carbocycles. The van der Waals surface area contributed by atoms with E-state index in [1.165, 1.54) is 6.07 Å². The third-order valence-electron chi connectivity index (χ3n) is 4.79. The average Bonchev–Trinajstić information content (AvgIpc) is 2.77. The van der Waals surface area contributed by atoms with E-state index in [-0.39, 0.29) is 23.7 Å². The Labute approximate surface area is 191 Å². The summed E-state index contributed by atoms with van der Waals surface area (Å²) in [5.74, 6) is -0.575. The van der Waals surface area contributed by atoms with Crippen LogP contribution in [0, 0.1) is 0 Å². The van der Waals surface area contributed by atoms with Crippen LogP contribution < -0.4 is 10.7 Å². The highest BCUT2D eigenvalue weighted by Crippen LogP contribution is 2.24. The first kappa shape index (κ1) is 21.0. The van der Waals surface area contributed by atoms with Crippen molar-refractivity contribution in [1.29, 1.82) is 0 Å². The van der Waals surface area contributed by atoms with E-state index in [0.29, 0.717) is 32.7 Å². The van der Waals surface area contributed by atoms with Crippen molar-refractivity contribution in [2.24, 2.45) is 0 Å². The van der Waals surface area contributed by atoms with E-state index < -0.39 is 0 Å². The van der Waals surface area contributed by atoms with E-state index in [2.05, 4.69) is 21.2 Å². The summed E-state index contributed by atoms with van der Waals surface area (Å²) in [5.41, 5.74) is 1.69. The second-order valence-corrected chi connectivity index (χ2v) is 8.25. The number of ketones is 1. The molecular weight excluding hydrogens is 480 g/mol. The smallest absolute Gasteiger partial charge is 0.244 e. The lowest BCUT2D eigenvalue weighted by Crippen LogP contribution is -2.21. The Morgan fingerprint density at radius 2 is 1.74 bits per heavy atom. The number of carbonyl (C=O) groups excluding carboxylic acids is 2. The standard InChI is InChI=1S/C24H16BrClN2O3/c25-16-6-9-21-19(12-16)22(29)10-11-28(21)14-23(30)27-20-8-7-17(26)13-18(20)24(31)15-4-2-1-3-5-15/h1-13H,14H2,(H,27,30). The van der Waals surface area contributed by atoms with Crippen LogP contribution >= 0.6 is 27.5 Å². The Balaban J connectivity index is 1.63. The van der Waals surface area contributed by atoms with Gasteiger partial charge in [-0.1, -0.05) is 57.9 Å². The van der Waals surface area contributed by atoms with Crippen LogP contribution in [0.1, 0.15) is 15.9 Å².